The van der Waals surface area contributed by atoms with Gasteiger partial charge in [0.05, 0.1) is 22.6 Å². The van der Waals surface area contributed by atoms with Crippen molar-refractivity contribution in [3.05, 3.63) is 71.5 Å². The summed E-state index contributed by atoms with van der Waals surface area (Å²) in [6.07, 6.45) is 1.55. The maximum atomic E-state index is 13.1. The first-order valence-electron chi connectivity index (χ1n) is 8.17. The number of anilines is 1. The summed E-state index contributed by atoms with van der Waals surface area (Å²) < 4.78 is 37.3. The van der Waals surface area contributed by atoms with E-state index in [1.165, 1.54) is 11.3 Å². The van der Waals surface area contributed by atoms with Gasteiger partial charge in [0.25, 0.3) is 0 Å². The first-order valence-corrected chi connectivity index (χ1v) is 10.5. The van der Waals surface area contributed by atoms with Crippen molar-refractivity contribution in [2.24, 2.45) is 0 Å². The van der Waals surface area contributed by atoms with Gasteiger partial charge in [0.1, 0.15) is 5.76 Å². The fraction of sp³-hybridized carbons (Fsp3) is 0.105. The average Bonchev–Trinajstić information content (AvgIpc) is 3.40. The molecule has 0 atom stereocenters. The van der Waals surface area contributed by atoms with Gasteiger partial charge >= 0.3 is 0 Å². The second kappa shape index (κ2) is 7.05. The van der Waals surface area contributed by atoms with Crippen LogP contribution in [-0.2, 0) is 16.4 Å². The molecule has 0 aliphatic heterocycles. The molecule has 27 heavy (non-hydrogen) atoms. The van der Waals surface area contributed by atoms with Gasteiger partial charge in [0, 0.05) is 0 Å². The molecule has 3 heterocycles. The van der Waals surface area contributed by atoms with Gasteiger partial charge in [-0.3, -0.25) is 0 Å². The highest BCUT2D eigenvalue weighted by Crippen LogP contribution is 2.34. The number of hydrogen-bond donors (Lipinski definition) is 1. The number of thiophene rings is 1. The van der Waals surface area contributed by atoms with Crippen molar-refractivity contribution in [3.8, 4) is 10.8 Å². The number of rotatable bonds is 6. The lowest BCUT2D eigenvalue weighted by atomic mass is 10.2. The van der Waals surface area contributed by atoms with E-state index in [4.69, 9.17) is 8.83 Å². The topological polar surface area (TPSA) is 85.3 Å². The molecule has 1 aromatic carbocycles. The summed E-state index contributed by atoms with van der Waals surface area (Å²) in [6.45, 7) is 2.18. The van der Waals surface area contributed by atoms with Crippen LogP contribution in [0.4, 0.5) is 5.88 Å². The van der Waals surface area contributed by atoms with Crippen LogP contribution in [0.25, 0.3) is 10.8 Å². The summed E-state index contributed by atoms with van der Waals surface area (Å²) >= 11 is 1.42. The quantitative estimate of drug-likeness (QED) is 0.503. The Morgan fingerprint density at radius 1 is 1.11 bits per heavy atom. The van der Waals surface area contributed by atoms with Crippen LogP contribution in [0.1, 0.15) is 11.3 Å². The van der Waals surface area contributed by atoms with Gasteiger partial charge in [-0.1, -0.05) is 23.8 Å². The molecule has 0 saturated carbocycles. The van der Waals surface area contributed by atoms with Gasteiger partial charge in [-0.2, -0.15) is 4.98 Å². The number of aromatic nitrogens is 1. The number of nitrogens with zero attached hydrogens (tertiary/aromatic N) is 1. The molecule has 6 nitrogen and oxygen atoms in total. The van der Waals surface area contributed by atoms with Gasteiger partial charge in [0.15, 0.2) is 0 Å². The predicted octanol–water partition coefficient (Wildman–Crippen LogP) is 4.75. The van der Waals surface area contributed by atoms with E-state index in [1.54, 1.807) is 42.7 Å². The minimum Gasteiger partial charge on any atom is -0.467 e. The number of sulfone groups is 1. The van der Waals surface area contributed by atoms with Crippen LogP contribution >= 0.6 is 11.3 Å². The zero-order chi connectivity index (χ0) is 18.9. The SMILES string of the molecule is Cc1ccc(S(=O)(=O)c2nc(-c3cccs3)oc2NCc2ccco2)cc1. The highest BCUT2D eigenvalue weighted by Gasteiger charge is 2.28. The Kier molecular flexibility index (Phi) is 4.59. The lowest BCUT2D eigenvalue weighted by molar-refractivity contribution is 0.511. The van der Waals surface area contributed by atoms with E-state index < -0.39 is 9.84 Å². The lowest BCUT2D eigenvalue weighted by Gasteiger charge is -2.05. The standard InChI is InChI=1S/C19H16N2O4S2/c1-13-6-8-15(9-7-13)27(22,23)19-18(20-12-14-4-2-10-24-14)25-17(21-19)16-5-3-11-26-16/h2-11,20H,12H2,1H3. The average molecular weight is 400 g/mol. The van der Waals surface area contributed by atoms with Crippen molar-refractivity contribution in [3.63, 3.8) is 0 Å². The van der Waals surface area contributed by atoms with Crippen LogP contribution in [0.2, 0.25) is 0 Å². The third-order valence-electron chi connectivity index (χ3n) is 3.92. The first-order chi connectivity index (χ1) is 13.0. The van der Waals surface area contributed by atoms with Crippen LogP contribution in [0.5, 0.6) is 0 Å². The Bertz CT molecular complexity index is 1130. The molecule has 0 aliphatic rings. The smallest absolute Gasteiger partial charge is 0.240 e. The maximum absolute atomic E-state index is 13.1. The second-order valence-corrected chi connectivity index (χ2v) is 8.69. The number of oxazole rings is 1. The molecule has 0 bridgehead atoms. The van der Waals surface area contributed by atoms with Gasteiger partial charge in [-0.05, 0) is 42.6 Å². The zero-order valence-electron chi connectivity index (χ0n) is 14.4. The highest BCUT2D eigenvalue weighted by molar-refractivity contribution is 7.91. The Morgan fingerprint density at radius 2 is 1.93 bits per heavy atom. The molecule has 138 valence electrons. The summed E-state index contributed by atoms with van der Waals surface area (Å²) in [5, 5.41) is 4.73. The van der Waals surface area contributed by atoms with Crippen molar-refractivity contribution in [1.29, 1.82) is 0 Å². The van der Waals surface area contributed by atoms with Crippen molar-refractivity contribution < 1.29 is 17.3 Å². The van der Waals surface area contributed by atoms with Crippen LogP contribution in [0.3, 0.4) is 0 Å². The summed E-state index contributed by atoms with van der Waals surface area (Å²) in [7, 11) is -3.84. The minimum absolute atomic E-state index is 0.0929. The summed E-state index contributed by atoms with van der Waals surface area (Å²) in [5.74, 6) is 1.01. The fourth-order valence-corrected chi connectivity index (χ4v) is 4.44. The number of furan rings is 1. The number of nitrogens with one attached hydrogen (secondary N) is 1. The van der Waals surface area contributed by atoms with Crippen molar-refractivity contribution in [1.82, 2.24) is 4.98 Å². The number of aryl methyl sites for hydroxylation is 1. The second-order valence-electron chi connectivity index (χ2n) is 5.88. The third-order valence-corrected chi connectivity index (χ3v) is 6.45. The van der Waals surface area contributed by atoms with E-state index in [1.807, 2.05) is 24.4 Å². The van der Waals surface area contributed by atoms with Crippen LogP contribution in [0, 0.1) is 6.92 Å². The Balaban J connectivity index is 1.76. The van der Waals surface area contributed by atoms with Crippen LogP contribution in [0.15, 0.2) is 78.9 Å². The Morgan fingerprint density at radius 3 is 2.59 bits per heavy atom. The Labute approximate surface area is 160 Å². The Hall–Kier alpha value is -2.84. The van der Waals surface area contributed by atoms with E-state index in [0.717, 1.165) is 10.4 Å². The van der Waals surface area contributed by atoms with Gasteiger partial charge in [0.2, 0.25) is 26.6 Å². The normalized spacial score (nSPS) is 11.6. The van der Waals surface area contributed by atoms with Crippen molar-refractivity contribution in [2.45, 2.75) is 23.4 Å². The van der Waals surface area contributed by atoms with E-state index in [2.05, 4.69) is 10.3 Å². The van der Waals surface area contributed by atoms with E-state index >= 15 is 0 Å². The number of benzene rings is 1. The van der Waals surface area contributed by atoms with Gasteiger partial charge < -0.3 is 14.2 Å². The lowest BCUT2D eigenvalue weighted by Crippen LogP contribution is -2.07. The molecule has 4 rings (SSSR count). The molecule has 1 N–H and O–H groups in total. The van der Waals surface area contributed by atoms with Crippen LogP contribution < -0.4 is 5.32 Å². The third kappa shape index (κ3) is 3.54. The molecule has 0 saturated heterocycles. The molecule has 0 fully saturated rings. The molecule has 0 unspecified atom stereocenters. The number of hydrogen-bond acceptors (Lipinski definition) is 7. The maximum Gasteiger partial charge on any atom is 0.240 e. The first kappa shape index (κ1) is 17.6. The van der Waals surface area contributed by atoms with E-state index in [0.29, 0.717) is 5.76 Å². The molecule has 0 radical (unpaired) electrons. The van der Waals surface area contributed by atoms with E-state index in [9.17, 15) is 8.42 Å². The molecule has 0 amide bonds. The predicted molar refractivity (Wildman–Crippen MR) is 102 cm³/mol. The molecule has 0 aliphatic carbocycles. The summed E-state index contributed by atoms with van der Waals surface area (Å²) in [6, 6.07) is 13.9. The fourth-order valence-electron chi connectivity index (χ4n) is 2.52. The largest absolute Gasteiger partial charge is 0.467 e. The molecule has 4 aromatic rings. The minimum atomic E-state index is -3.84. The summed E-state index contributed by atoms with van der Waals surface area (Å²) in [4.78, 5) is 5.20. The highest BCUT2D eigenvalue weighted by atomic mass is 32.2. The van der Waals surface area contributed by atoms with Gasteiger partial charge in [-0.25, -0.2) is 8.42 Å². The molecular weight excluding hydrogens is 384 g/mol. The summed E-state index contributed by atoms with van der Waals surface area (Å²) in [5.41, 5.74) is 0.976. The van der Waals surface area contributed by atoms with E-state index in [-0.39, 0.29) is 28.2 Å². The van der Waals surface area contributed by atoms with Crippen LogP contribution in [-0.4, -0.2) is 13.4 Å². The molecule has 3 aromatic heterocycles. The van der Waals surface area contributed by atoms with Crippen molar-refractivity contribution in [2.75, 3.05) is 5.32 Å². The molecular formula is C19H16N2O4S2. The zero-order valence-corrected chi connectivity index (χ0v) is 16.0. The molecule has 0 spiro atoms. The van der Waals surface area contributed by atoms with Crippen molar-refractivity contribution >= 4 is 27.1 Å². The van der Waals surface area contributed by atoms with Gasteiger partial charge in [-0.15, -0.1) is 11.3 Å². The molecule has 8 heteroatoms. The monoisotopic (exact) mass is 400 g/mol.